The third-order valence-corrected chi connectivity index (χ3v) is 5.80. The number of rotatable bonds is 5. The molecule has 0 saturated carbocycles. The van der Waals surface area contributed by atoms with Crippen molar-refractivity contribution in [2.24, 2.45) is 4.99 Å². The van der Waals surface area contributed by atoms with E-state index in [-0.39, 0.29) is 5.56 Å². The summed E-state index contributed by atoms with van der Waals surface area (Å²) in [5, 5.41) is 0. The maximum atomic E-state index is 12.8. The number of hydrogen-bond donors (Lipinski definition) is 1. The minimum Gasteiger partial charge on any atom is -0.496 e. The Labute approximate surface area is 170 Å². The van der Waals surface area contributed by atoms with Crippen molar-refractivity contribution in [1.29, 1.82) is 0 Å². The second kappa shape index (κ2) is 8.37. The van der Waals surface area contributed by atoms with Crippen molar-refractivity contribution in [2.45, 2.75) is 45.7 Å². The van der Waals surface area contributed by atoms with E-state index < -0.39 is 0 Å². The summed E-state index contributed by atoms with van der Waals surface area (Å²) in [6.45, 7) is 4.97. The van der Waals surface area contributed by atoms with Gasteiger partial charge in [0.05, 0.1) is 31.2 Å². The van der Waals surface area contributed by atoms with Crippen molar-refractivity contribution in [2.75, 3.05) is 27.3 Å². The first kappa shape index (κ1) is 19.6. The molecule has 1 aromatic carbocycles. The third kappa shape index (κ3) is 3.92. The zero-order chi connectivity index (χ0) is 20.4. The number of aromatic nitrogens is 2. The predicted molar refractivity (Wildman–Crippen MR) is 112 cm³/mol. The maximum absolute atomic E-state index is 12.8. The van der Waals surface area contributed by atoms with Gasteiger partial charge in [-0.3, -0.25) is 14.7 Å². The van der Waals surface area contributed by atoms with Gasteiger partial charge < -0.3 is 14.5 Å². The number of nitrogens with one attached hydrogen (secondary N) is 1. The minimum atomic E-state index is -0.0409. The van der Waals surface area contributed by atoms with Crippen molar-refractivity contribution in [1.82, 2.24) is 14.9 Å². The van der Waals surface area contributed by atoms with Crippen molar-refractivity contribution in [3.8, 4) is 11.5 Å². The largest absolute Gasteiger partial charge is 0.496 e. The van der Waals surface area contributed by atoms with Crippen LogP contribution in [0.5, 0.6) is 11.5 Å². The summed E-state index contributed by atoms with van der Waals surface area (Å²) in [5.41, 5.74) is 4.65. The first-order valence-corrected chi connectivity index (χ1v) is 10.2. The van der Waals surface area contributed by atoms with Gasteiger partial charge in [0.15, 0.2) is 5.82 Å². The van der Waals surface area contributed by atoms with Gasteiger partial charge in [-0.25, -0.2) is 4.98 Å². The smallest absolute Gasteiger partial charge is 0.255 e. The number of ether oxygens (including phenoxy) is 2. The van der Waals surface area contributed by atoms with E-state index in [0.29, 0.717) is 18.9 Å². The Balaban J connectivity index is 1.56. The lowest BCUT2D eigenvalue weighted by molar-refractivity contribution is 0.237. The molecular weight excluding hydrogens is 368 g/mol. The van der Waals surface area contributed by atoms with Gasteiger partial charge in [-0.15, -0.1) is 0 Å². The van der Waals surface area contributed by atoms with Crippen LogP contribution in [0.15, 0.2) is 21.9 Å². The van der Waals surface area contributed by atoms with Crippen LogP contribution in [0.2, 0.25) is 0 Å². The van der Waals surface area contributed by atoms with Gasteiger partial charge in [0, 0.05) is 43.7 Å². The van der Waals surface area contributed by atoms with E-state index in [1.807, 2.05) is 19.1 Å². The van der Waals surface area contributed by atoms with E-state index in [2.05, 4.69) is 14.9 Å². The van der Waals surface area contributed by atoms with E-state index in [1.165, 1.54) is 0 Å². The Kier molecular flexibility index (Phi) is 5.67. The molecule has 29 heavy (non-hydrogen) atoms. The summed E-state index contributed by atoms with van der Waals surface area (Å²) >= 11 is 0. The number of benzene rings is 1. The summed E-state index contributed by atoms with van der Waals surface area (Å²) in [6, 6.07) is 4.00. The van der Waals surface area contributed by atoms with E-state index in [0.717, 1.165) is 78.4 Å². The Morgan fingerprint density at radius 1 is 1.17 bits per heavy atom. The van der Waals surface area contributed by atoms with Crippen LogP contribution in [0.3, 0.4) is 0 Å². The summed E-state index contributed by atoms with van der Waals surface area (Å²) in [7, 11) is 3.34. The van der Waals surface area contributed by atoms with Gasteiger partial charge in [0.2, 0.25) is 0 Å². The van der Waals surface area contributed by atoms with Crippen LogP contribution in [0.4, 0.5) is 0 Å². The van der Waals surface area contributed by atoms with Crippen LogP contribution < -0.4 is 15.0 Å². The van der Waals surface area contributed by atoms with Gasteiger partial charge in [-0.05, 0) is 32.3 Å². The fourth-order valence-electron chi connectivity index (χ4n) is 4.24. The van der Waals surface area contributed by atoms with Gasteiger partial charge in [-0.1, -0.05) is 6.07 Å². The highest BCUT2D eigenvalue weighted by Gasteiger charge is 2.24. The minimum absolute atomic E-state index is 0.0409. The molecule has 2 aliphatic rings. The molecule has 154 valence electrons. The Hall–Kier alpha value is -2.67. The van der Waals surface area contributed by atoms with Crippen molar-refractivity contribution in [3.05, 3.63) is 50.7 Å². The maximum Gasteiger partial charge on any atom is 0.255 e. The average molecular weight is 396 g/mol. The highest BCUT2D eigenvalue weighted by molar-refractivity contribution is 5.97. The molecule has 3 heterocycles. The second-order valence-electron chi connectivity index (χ2n) is 7.67. The second-order valence-corrected chi connectivity index (χ2v) is 7.67. The first-order chi connectivity index (χ1) is 14.1. The zero-order valence-corrected chi connectivity index (χ0v) is 17.4. The quantitative estimate of drug-likeness (QED) is 0.840. The van der Waals surface area contributed by atoms with E-state index in [9.17, 15) is 4.79 Å². The molecule has 4 rings (SSSR count). The first-order valence-electron chi connectivity index (χ1n) is 10.2. The van der Waals surface area contributed by atoms with Crippen LogP contribution in [-0.2, 0) is 19.5 Å². The Bertz CT molecular complexity index is 996. The normalized spacial score (nSPS) is 16.9. The molecule has 0 amide bonds. The Morgan fingerprint density at radius 2 is 2.03 bits per heavy atom. The molecule has 0 bridgehead atoms. The molecular formula is C22H28N4O3. The number of methoxy groups -OCH3 is 2. The lowest BCUT2D eigenvalue weighted by atomic mass is 10.0. The number of hydrogen-bond acceptors (Lipinski definition) is 6. The van der Waals surface area contributed by atoms with E-state index in [4.69, 9.17) is 14.5 Å². The molecule has 2 aliphatic heterocycles. The number of nitrogens with zero attached hydrogens (tertiary/aromatic N) is 3. The fourth-order valence-corrected chi connectivity index (χ4v) is 4.24. The standard InChI is InChI=1S/C22H28N4O3/c1-14-19(28-2)8-7-15(20(14)29-3)12-26-11-9-17-16(13-26)22(27)25-21(24-17)18-6-4-5-10-23-18/h7-8H,4-6,9-13H2,1-3H3,(H,24,25,27). The molecule has 2 aromatic rings. The highest BCUT2D eigenvalue weighted by Crippen LogP contribution is 2.32. The summed E-state index contributed by atoms with van der Waals surface area (Å²) in [5.74, 6) is 2.32. The molecule has 0 saturated heterocycles. The summed E-state index contributed by atoms with van der Waals surface area (Å²) < 4.78 is 11.0. The molecule has 7 heteroatoms. The summed E-state index contributed by atoms with van der Waals surface area (Å²) in [6.07, 6.45) is 3.87. The molecule has 0 aliphatic carbocycles. The molecule has 7 nitrogen and oxygen atoms in total. The topological polar surface area (TPSA) is 79.8 Å². The van der Waals surface area contributed by atoms with Crippen molar-refractivity contribution in [3.63, 3.8) is 0 Å². The van der Waals surface area contributed by atoms with Crippen LogP contribution in [0, 0.1) is 6.92 Å². The number of aliphatic imine (C=N–C) groups is 1. The number of fused-ring (bicyclic) bond motifs is 1. The van der Waals surface area contributed by atoms with E-state index >= 15 is 0 Å². The zero-order valence-electron chi connectivity index (χ0n) is 17.4. The van der Waals surface area contributed by atoms with Crippen molar-refractivity contribution >= 4 is 5.71 Å². The molecule has 0 unspecified atom stereocenters. The third-order valence-electron chi connectivity index (χ3n) is 5.80. The average Bonchev–Trinajstić information content (AvgIpc) is 2.75. The lowest BCUT2D eigenvalue weighted by Gasteiger charge is -2.28. The molecule has 0 atom stereocenters. The van der Waals surface area contributed by atoms with Gasteiger partial charge in [-0.2, -0.15) is 0 Å². The van der Waals surface area contributed by atoms with Gasteiger partial charge in [0.1, 0.15) is 11.5 Å². The fraction of sp³-hybridized carbons (Fsp3) is 0.500. The van der Waals surface area contributed by atoms with Gasteiger partial charge >= 0.3 is 0 Å². The Morgan fingerprint density at radius 3 is 2.76 bits per heavy atom. The van der Waals surface area contributed by atoms with Gasteiger partial charge in [0.25, 0.3) is 5.56 Å². The molecule has 0 fully saturated rings. The number of H-pyrrole nitrogens is 1. The summed E-state index contributed by atoms with van der Waals surface area (Å²) in [4.78, 5) is 27.3. The predicted octanol–water partition coefficient (Wildman–Crippen LogP) is 2.63. The van der Waals surface area contributed by atoms with Crippen LogP contribution >= 0.6 is 0 Å². The van der Waals surface area contributed by atoms with E-state index in [1.54, 1.807) is 14.2 Å². The van der Waals surface area contributed by atoms with Crippen LogP contribution in [0.25, 0.3) is 0 Å². The highest BCUT2D eigenvalue weighted by atomic mass is 16.5. The molecule has 1 aromatic heterocycles. The van der Waals surface area contributed by atoms with Crippen LogP contribution in [0.1, 0.15) is 47.5 Å². The van der Waals surface area contributed by atoms with Crippen LogP contribution in [-0.4, -0.2) is 47.9 Å². The molecule has 0 radical (unpaired) electrons. The monoisotopic (exact) mass is 396 g/mol. The lowest BCUT2D eigenvalue weighted by Crippen LogP contribution is -2.36. The SMILES string of the molecule is COc1ccc(CN2CCc3nc(C4=NCCCC4)[nH]c(=O)c3C2)c(OC)c1C. The number of aromatic amines is 1. The molecule has 1 N–H and O–H groups in total. The van der Waals surface area contributed by atoms with Crippen molar-refractivity contribution < 1.29 is 9.47 Å². The molecule has 0 spiro atoms.